The minimum absolute atomic E-state index is 0.436. The second kappa shape index (κ2) is 6.10. The van der Waals surface area contributed by atoms with Crippen molar-refractivity contribution in [2.75, 3.05) is 6.54 Å². The van der Waals surface area contributed by atoms with E-state index >= 15 is 0 Å². The lowest BCUT2D eigenvalue weighted by Crippen LogP contribution is -2.06. The van der Waals surface area contributed by atoms with Gasteiger partial charge in [-0.05, 0) is 49.9 Å². The van der Waals surface area contributed by atoms with E-state index in [2.05, 4.69) is 11.9 Å². The van der Waals surface area contributed by atoms with Crippen LogP contribution in [0.2, 0.25) is 0 Å². The molecule has 2 rings (SSSR count). The zero-order valence-corrected chi connectivity index (χ0v) is 12.0. The summed E-state index contributed by atoms with van der Waals surface area (Å²) >= 11 is 1.47. The van der Waals surface area contributed by atoms with Gasteiger partial charge in [0.2, 0.25) is 0 Å². The molecule has 0 fully saturated rings. The highest BCUT2D eigenvalue weighted by molar-refractivity contribution is 7.18. The van der Waals surface area contributed by atoms with Gasteiger partial charge in [0.05, 0.1) is 20.8 Å². The van der Waals surface area contributed by atoms with Crippen LogP contribution in [-0.2, 0) is 12.6 Å². The Bertz CT molecular complexity index is 577. The average molecular weight is 302 g/mol. The number of rotatable bonds is 5. The first-order valence-electron chi connectivity index (χ1n) is 6.57. The fourth-order valence-corrected chi connectivity index (χ4v) is 3.02. The highest BCUT2D eigenvalue weighted by atomic mass is 32.1. The number of hydrogen-bond acceptors (Lipinski definition) is 3. The number of hydrogen-bond donors (Lipinski definition) is 1. The molecule has 0 spiro atoms. The van der Waals surface area contributed by atoms with Crippen LogP contribution in [0.15, 0.2) is 18.2 Å². The second-order valence-electron chi connectivity index (χ2n) is 5.01. The fourth-order valence-electron chi connectivity index (χ4n) is 2.06. The topological polar surface area (TPSA) is 38.9 Å². The molecule has 0 aliphatic heterocycles. The Morgan fingerprint density at radius 1 is 1.30 bits per heavy atom. The van der Waals surface area contributed by atoms with E-state index in [1.165, 1.54) is 17.4 Å². The van der Waals surface area contributed by atoms with Crippen molar-refractivity contribution in [1.29, 1.82) is 0 Å². The highest BCUT2D eigenvalue weighted by Gasteiger charge is 2.30. The van der Waals surface area contributed by atoms with Gasteiger partial charge in [-0.15, -0.1) is 11.3 Å². The first kappa shape index (κ1) is 15.3. The quantitative estimate of drug-likeness (QED) is 0.897. The predicted molar refractivity (Wildman–Crippen MR) is 75.8 cm³/mol. The van der Waals surface area contributed by atoms with E-state index in [1.807, 2.05) is 0 Å². The van der Waals surface area contributed by atoms with Crippen molar-refractivity contribution in [3.63, 3.8) is 0 Å². The van der Waals surface area contributed by atoms with E-state index in [0.717, 1.165) is 41.1 Å². The zero-order chi connectivity index (χ0) is 14.8. The van der Waals surface area contributed by atoms with Gasteiger partial charge in [-0.2, -0.15) is 13.2 Å². The lowest BCUT2D eigenvalue weighted by molar-refractivity contribution is -0.137. The van der Waals surface area contributed by atoms with Crippen molar-refractivity contribution in [3.8, 4) is 0 Å². The number of halogens is 3. The molecule has 2 N–H and O–H groups in total. The molecule has 1 atom stereocenters. The Morgan fingerprint density at radius 3 is 2.70 bits per heavy atom. The van der Waals surface area contributed by atoms with Crippen LogP contribution in [0.3, 0.4) is 0 Å². The first-order valence-corrected chi connectivity index (χ1v) is 7.38. The maximum Gasteiger partial charge on any atom is 0.416 e. The van der Waals surface area contributed by atoms with Crippen molar-refractivity contribution in [2.45, 2.75) is 32.4 Å². The molecule has 0 aliphatic carbocycles. The van der Waals surface area contributed by atoms with Gasteiger partial charge in [0.15, 0.2) is 0 Å². The van der Waals surface area contributed by atoms with Crippen molar-refractivity contribution in [1.82, 2.24) is 4.98 Å². The Morgan fingerprint density at radius 2 is 2.05 bits per heavy atom. The maximum absolute atomic E-state index is 12.6. The molecule has 0 saturated heterocycles. The minimum Gasteiger partial charge on any atom is -0.330 e. The molecule has 110 valence electrons. The minimum atomic E-state index is -4.31. The van der Waals surface area contributed by atoms with Crippen LogP contribution in [0.25, 0.3) is 10.2 Å². The summed E-state index contributed by atoms with van der Waals surface area (Å²) in [5.41, 5.74) is 5.29. The third kappa shape index (κ3) is 3.70. The standard InChI is InChI=1S/C14H17F3N2S/c1-9(6-7-18)2-5-13-19-11-8-10(14(15,16)17)3-4-12(11)20-13/h3-4,8-9H,2,5-7,18H2,1H3. The molecule has 0 amide bonds. The van der Waals surface area contributed by atoms with Crippen molar-refractivity contribution in [2.24, 2.45) is 11.7 Å². The molecule has 1 unspecified atom stereocenters. The molecule has 0 saturated carbocycles. The molecule has 1 aromatic heterocycles. The summed E-state index contributed by atoms with van der Waals surface area (Å²) in [7, 11) is 0. The molecule has 0 bridgehead atoms. The maximum atomic E-state index is 12.6. The summed E-state index contributed by atoms with van der Waals surface area (Å²) < 4.78 is 38.7. The number of nitrogens with zero attached hydrogens (tertiary/aromatic N) is 1. The predicted octanol–water partition coefficient (Wildman–Crippen LogP) is 4.23. The largest absolute Gasteiger partial charge is 0.416 e. The van der Waals surface area contributed by atoms with Crippen LogP contribution in [0.4, 0.5) is 13.2 Å². The van der Waals surface area contributed by atoms with Gasteiger partial charge in [-0.1, -0.05) is 6.92 Å². The zero-order valence-electron chi connectivity index (χ0n) is 11.2. The Hall–Kier alpha value is -1.14. The van der Waals surface area contributed by atoms with E-state index < -0.39 is 11.7 Å². The normalized spacial score (nSPS) is 13.8. The summed E-state index contributed by atoms with van der Waals surface area (Å²) in [4.78, 5) is 4.31. The smallest absolute Gasteiger partial charge is 0.330 e. The molecule has 6 heteroatoms. The van der Waals surface area contributed by atoms with Gasteiger partial charge >= 0.3 is 6.18 Å². The lowest BCUT2D eigenvalue weighted by atomic mass is 10.0. The molecular weight excluding hydrogens is 285 g/mol. The van der Waals surface area contributed by atoms with E-state index in [0.29, 0.717) is 18.0 Å². The second-order valence-corrected chi connectivity index (χ2v) is 6.12. The SMILES string of the molecule is CC(CCN)CCc1nc2cc(C(F)(F)F)ccc2s1. The van der Waals surface area contributed by atoms with E-state index in [-0.39, 0.29) is 0 Å². The number of aryl methyl sites for hydroxylation is 1. The summed E-state index contributed by atoms with van der Waals surface area (Å²) in [6.45, 7) is 2.79. The molecule has 0 aliphatic rings. The van der Waals surface area contributed by atoms with Gasteiger partial charge in [0.1, 0.15) is 0 Å². The first-order chi connectivity index (χ1) is 9.40. The van der Waals surface area contributed by atoms with Gasteiger partial charge < -0.3 is 5.73 Å². The third-order valence-corrected chi connectivity index (χ3v) is 4.37. The van der Waals surface area contributed by atoms with E-state index in [4.69, 9.17) is 5.73 Å². The molecular formula is C14H17F3N2S. The van der Waals surface area contributed by atoms with Gasteiger partial charge in [-0.3, -0.25) is 0 Å². The van der Waals surface area contributed by atoms with Crippen LogP contribution in [0, 0.1) is 5.92 Å². The highest BCUT2D eigenvalue weighted by Crippen LogP contribution is 2.33. The fraction of sp³-hybridized carbons (Fsp3) is 0.500. The number of thiazole rings is 1. The number of nitrogens with two attached hydrogens (primary N) is 1. The number of benzene rings is 1. The Kier molecular flexibility index (Phi) is 4.65. The van der Waals surface area contributed by atoms with Gasteiger partial charge in [0, 0.05) is 0 Å². The Labute approximate surface area is 119 Å². The molecule has 2 aromatic rings. The summed E-state index contributed by atoms with van der Waals surface area (Å²) in [6.07, 6.45) is -1.60. The summed E-state index contributed by atoms with van der Waals surface area (Å²) in [6, 6.07) is 3.74. The number of alkyl halides is 3. The van der Waals surface area contributed by atoms with Crippen LogP contribution in [0.5, 0.6) is 0 Å². The van der Waals surface area contributed by atoms with Gasteiger partial charge in [0.25, 0.3) is 0 Å². The molecule has 1 aromatic carbocycles. The van der Waals surface area contributed by atoms with E-state index in [9.17, 15) is 13.2 Å². The average Bonchev–Trinajstić information content (AvgIpc) is 2.77. The monoisotopic (exact) mass is 302 g/mol. The van der Waals surface area contributed by atoms with Crippen molar-refractivity contribution < 1.29 is 13.2 Å². The number of fused-ring (bicyclic) bond motifs is 1. The van der Waals surface area contributed by atoms with Crippen LogP contribution in [-0.4, -0.2) is 11.5 Å². The van der Waals surface area contributed by atoms with Crippen molar-refractivity contribution in [3.05, 3.63) is 28.8 Å². The Balaban J connectivity index is 2.13. The molecule has 1 heterocycles. The molecule has 20 heavy (non-hydrogen) atoms. The third-order valence-electron chi connectivity index (χ3n) is 3.27. The number of aromatic nitrogens is 1. The molecule has 2 nitrogen and oxygen atoms in total. The molecule has 0 radical (unpaired) electrons. The lowest BCUT2D eigenvalue weighted by Gasteiger charge is -2.07. The van der Waals surface area contributed by atoms with Crippen molar-refractivity contribution >= 4 is 21.6 Å². The van der Waals surface area contributed by atoms with Crippen LogP contribution < -0.4 is 5.73 Å². The van der Waals surface area contributed by atoms with Crippen LogP contribution in [0.1, 0.15) is 30.3 Å². The summed E-state index contributed by atoms with van der Waals surface area (Å²) in [5.74, 6) is 0.512. The van der Waals surface area contributed by atoms with Crippen LogP contribution >= 0.6 is 11.3 Å². The summed E-state index contributed by atoms with van der Waals surface area (Å²) in [5, 5.41) is 0.892. The van der Waals surface area contributed by atoms with Gasteiger partial charge in [-0.25, -0.2) is 4.98 Å². The van der Waals surface area contributed by atoms with E-state index in [1.54, 1.807) is 0 Å².